The van der Waals surface area contributed by atoms with Gasteiger partial charge in [0.1, 0.15) is 24.7 Å². The summed E-state index contributed by atoms with van der Waals surface area (Å²) < 4.78 is 22.9. The quantitative estimate of drug-likeness (QED) is 0.130. The summed E-state index contributed by atoms with van der Waals surface area (Å²) in [6.45, 7) is 6.79. The predicted molar refractivity (Wildman–Crippen MR) is 222 cm³/mol. The number of ketones is 4. The van der Waals surface area contributed by atoms with Crippen molar-refractivity contribution >= 4 is 23.1 Å². The lowest BCUT2D eigenvalue weighted by Gasteiger charge is -2.26. The number of aliphatic hydroxyl groups excluding tert-OH is 2. The summed E-state index contributed by atoms with van der Waals surface area (Å²) >= 11 is 0. The molecule has 2 aliphatic carbocycles. The van der Waals surface area contributed by atoms with Gasteiger partial charge >= 0.3 is 0 Å². The van der Waals surface area contributed by atoms with Gasteiger partial charge < -0.3 is 29.2 Å². The maximum atomic E-state index is 13.2. The van der Waals surface area contributed by atoms with Crippen LogP contribution in [0.2, 0.25) is 0 Å². The van der Waals surface area contributed by atoms with Crippen molar-refractivity contribution in [2.45, 2.75) is 50.4 Å². The number of ether oxygens (including phenoxy) is 4. The first-order valence-corrected chi connectivity index (χ1v) is 21.4. The highest BCUT2D eigenvalue weighted by atomic mass is 16.5. The minimum atomic E-state index is -0.778. The van der Waals surface area contributed by atoms with Crippen LogP contribution in [-0.4, -0.2) is 86.2 Å². The van der Waals surface area contributed by atoms with E-state index in [4.69, 9.17) is 18.9 Å². The van der Waals surface area contributed by atoms with Crippen LogP contribution in [0.15, 0.2) is 84.9 Å². The third-order valence-corrected chi connectivity index (χ3v) is 14.3. The van der Waals surface area contributed by atoms with Crippen LogP contribution in [-0.2, 0) is 20.3 Å². The van der Waals surface area contributed by atoms with E-state index in [2.05, 4.69) is 0 Å². The summed E-state index contributed by atoms with van der Waals surface area (Å²) in [4.78, 5) is 51.8. The Morgan fingerprint density at radius 2 is 0.917 bits per heavy atom. The molecule has 8 atom stereocenters. The number of rotatable bonds is 14. The van der Waals surface area contributed by atoms with Crippen molar-refractivity contribution in [1.29, 1.82) is 0 Å². The van der Waals surface area contributed by atoms with Crippen LogP contribution < -0.4 is 9.47 Å². The molecule has 2 saturated carbocycles. The molecule has 10 nitrogen and oxygen atoms in total. The second-order valence-electron chi connectivity index (χ2n) is 17.5. The number of carbonyl (C=O) groups excluding carboxylic acids is 4. The van der Waals surface area contributed by atoms with Gasteiger partial charge in [-0.3, -0.25) is 19.2 Å². The zero-order valence-corrected chi connectivity index (χ0v) is 34.2. The molecule has 0 aromatic heterocycles. The Bertz CT molecular complexity index is 2140. The van der Waals surface area contributed by atoms with Crippen LogP contribution in [0.5, 0.6) is 11.5 Å². The Morgan fingerprint density at radius 3 is 1.25 bits per heavy atom. The first-order chi connectivity index (χ1) is 29.2. The standard InChI is InChI=1S/2C25H26O5/c2*1-2-22(27)18-8-15(23(28)10-17-19-11-29-12-20(17)19)9-21-24(18)30-14-25(21,13-26)16-6-4-3-5-7-16/h2*3-9,17,19-20,26H,2,10-14H2,1H3/t2*17?,19-,20+,25-/m10/s1. The summed E-state index contributed by atoms with van der Waals surface area (Å²) in [5.74, 6) is 3.79. The van der Waals surface area contributed by atoms with Gasteiger partial charge in [-0.05, 0) is 70.9 Å². The molecule has 10 rings (SSSR count). The molecule has 10 heteroatoms. The third-order valence-electron chi connectivity index (χ3n) is 14.3. The van der Waals surface area contributed by atoms with E-state index in [0.717, 1.165) is 48.7 Å². The van der Waals surface area contributed by atoms with Gasteiger partial charge in [0.25, 0.3) is 0 Å². The second-order valence-corrected chi connectivity index (χ2v) is 17.5. The van der Waals surface area contributed by atoms with Crippen LogP contribution in [0.4, 0.5) is 0 Å². The summed E-state index contributed by atoms with van der Waals surface area (Å²) in [5.41, 5.74) is 3.72. The average molecular weight is 813 g/mol. The molecule has 4 aromatic carbocycles. The molecule has 0 radical (unpaired) electrons. The molecular formula is C50H52O10. The van der Waals surface area contributed by atoms with E-state index in [0.29, 0.717) is 94.9 Å². The van der Waals surface area contributed by atoms with Crippen molar-refractivity contribution in [3.8, 4) is 11.5 Å². The Balaban J connectivity index is 0.000000154. The van der Waals surface area contributed by atoms with Gasteiger partial charge in [0, 0.05) is 47.9 Å². The van der Waals surface area contributed by atoms with Crippen LogP contribution in [0.25, 0.3) is 0 Å². The van der Waals surface area contributed by atoms with Gasteiger partial charge in [-0.2, -0.15) is 0 Å². The number of fused-ring (bicyclic) bond motifs is 4. The maximum absolute atomic E-state index is 13.2. The number of benzene rings is 4. The van der Waals surface area contributed by atoms with Gasteiger partial charge in [0.05, 0.1) is 61.6 Å². The minimum absolute atomic E-state index is 0.0501. The van der Waals surface area contributed by atoms with E-state index in [1.54, 1.807) is 26.0 Å². The molecule has 2 N–H and O–H groups in total. The number of hydrogen-bond acceptors (Lipinski definition) is 10. The fraction of sp³-hybridized carbons (Fsp3) is 0.440. The van der Waals surface area contributed by atoms with E-state index in [1.807, 2.05) is 72.8 Å². The SMILES string of the molecule is CCC(=O)c1cc(C(=O)CC2[C@H]3COC[C@@H]23)cc2c1OC[C@@]2(CO)c1ccccc1.CCC(=O)c1cc(C(=O)CC2[C@H]3COC[C@@H]23)cc2c1OC[C@]2(CO)c1ccccc1. The van der Waals surface area contributed by atoms with E-state index < -0.39 is 10.8 Å². The summed E-state index contributed by atoms with van der Waals surface area (Å²) in [6, 6.07) is 26.4. The van der Waals surface area contributed by atoms with Crippen molar-refractivity contribution in [1.82, 2.24) is 0 Å². The van der Waals surface area contributed by atoms with E-state index in [9.17, 15) is 29.4 Å². The zero-order chi connectivity index (χ0) is 41.8. The molecule has 2 unspecified atom stereocenters. The first-order valence-electron chi connectivity index (χ1n) is 21.4. The highest BCUT2D eigenvalue weighted by molar-refractivity contribution is 6.05. The lowest BCUT2D eigenvalue weighted by molar-refractivity contribution is 0.0940. The van der Waals surface area contributed by atoms with Gasteiger partial charge in [0.15, 0.2) is 23.1 Å². The molecular weight excluding hydrogens is 761 g/mol. The van der Waals surface area contributed by atoms with Gasteiger partial charge in [-0.15, -0.1) is 0 Å². The number of aliphatic hydroxyl groups is 2. The fourth-order valence-corrected chi connectivity index (χ4v) is 10.4. The topological polar surface area (TPSA) is 146 Å². The van der Waals surface area contributed by atoms with Gasteiger partial charge in [-0.25, -0.2) is 0 Å². The van der Waals surface area contributed by atoms with Crippen LogP contribution in [0.1, 0.15) is 103 Å². The maximum Gasteiger partial charge on any atom is 0.166 e. The molecule has 312 valence electrons. The van der Waals surface area contributed by atoms with Crippen LogP contribution in [0, 0.1) is 35.5 Å². The normalized spacial score (nSPS) is 28.5. The molecule has 0 amide bonds. The smallest absolute Gasteiger partial charge is 0.166 e. The zero-order valence-electron chi connectivity index (χ0n) is 34.2. The van der Waals surface area contributed by atoms with Crippen molar-refractivity contribution in [3.63, 3.8) is 0 Å². The van der Waals surface area contributed by atoms with Crippen molar-refractivity contribution in [2.75, 3.05) is 52.9 Å². The highest BCUT2D eigenvalue weighted by Crippen LogP contribution is 2.55. The average Bonchev–Trinajstić information content (AvgIpc) is 3.72. The summed E-state index contributed by atoms with van der Waals surface area (Å²) in [5, 5.41) is 20.9. The minimum Gasteiger partial charge on any atom is -0.491 e. The lowest BCUT2D eigenvalue weighted by atomic mass is 9.75. The molecule has 2 saturated heterocycles. The number of Topliss-reactive ketones (excluding diaryl/α,β-unsaturated/α-hetero) is 4. The van der Waals surface area contributed by atoms with Crippen molar-refractivity contribution < 1.29 is 48.3 Å². The molecule has 60 heavy (non-hydrogen) atoms. The monoisotopic (exact) mass is 812 g/mol. The third kappa shape index (κ3) is 6.82. The van der Waals surface area contributed by atoms with Gasteiger partial charge in [-0.1, -0.05) is 74.5 Å². The Labute approximate surface area is 350 Å². The summed E-state index contributed by atoms with van der Waals surface area (Å²) in [6.07, 6.45) is 1.62. The van der Waals surface area contributed by atoms with E-state index in [1.165, 1.54) is 0 Å². The van der Waals surface area contributed by atoms with E-state index >= 15 is 0 Å². The number of hydrogen-bond donors (Lipinski definition) is 2. The Hall–Kier alpha value is -5.00. The predicted octanol–water partition coefficient (Wildman–Crippen LogP) is 6.83. The van der Waals surface area contributed by atoms with Crippen molar-refractivity contribution in [2.24, 2.45) is 35.5 Å². The molecule has 6 aliphatic rings. The largest absolute Gasteiger partial charge is 0.491 e. The molecule has 4 aromatic rings. The molecule has 4 fully saturated rings. The van der Waals surface area contributed by atoms with Crippen LogP contribution in [0.3, 0.4) is 0 Å². The molecule has 0 bridgehead atoms. The highest BCUT2D eigenvalue weighted by Gasteiger charge is 2.55. The fourth-order valence-electron chi connectivity index (χ4n) is 10.4. The van der Waals surface area contributed by atoms with Crippen LogP contribution >= 0.6 is 0 Å². The van der Waals surface area contributed by atoms with Crippen molar-refractivity contribution in [3.05, 3.63) is 129 Å². The van der Waals surface area contributed by atoms with Gasteiger partial charge in [0.2, 0.25) is 0 Å². The molecule has 0 spiro atoms. The number of carbonyl (C=O) groups is 4. The molecule has 4 aliphatic heterocycles. The van der Waals surface area contributed by atoms with E-state index in [-0.39, 0.29) is 49.6 Å². The Morgan fingerprint density at radius 1 is 0.550 bits per heavy atom. The summed E-state index contributed by atoms with van der Waals surface area (Å²) in [7, 11) is 0. The Kier molecular flexibility index (Phi) is 10.9. The molecule has 4 heterocycles. The first kappa shape index (κ1) is 40.4. The second kappa shape index (κ2) is 16.1. The lowest BCUT2D eigenvalue weighted by Crippen LogP contribution is -2.33.